The summed E-state index contributed by atoms with van der Waals surface area (Å²) in [7, 11) is 0. The second kappa shape index (κ2) is 4.80. The first-order chi connectivity index (χ1) is 7.58. The molecule has 1 aromatic heterocycles. The van der Waals surface area contributed by atoms with Gasteiger partial charge in [-0.05, 0) is 24.3 Å². The van der Waals surface area contributed by atoms with Crippen LogP contribution in [-0.2, 0) is 0 Å². The molecule has 0 fully saturated rings. The quantitative estimate of drug-likeness (QED) is 0.645. The fraction of sp³-hybridized carbons (Fsp3) is 0. The smallest absolute Gasteiger partial charge is 0.0778 e. The summed E-state index contributed by atoms with van der Waals surface area (Å²) in [5, 5.41) is 1.73. The van der Waals surface area contributed by atoms with Crippen LogP contribution >= 0.6 is 46.4 Å². The lowest BCUT2D eigenvalue weighted by atomic mass is 10.1. The van der Waals surface area contributed by atoms with E-state index in [9.17, 15) is 0 Å². The maximum absolute atomic E-state index is 5.93. The number of nitrogens with zero attached hydrogens (tertiary/aromatic N) is 1. The van der Waals surface area contributed by atoms with Gasteiger partial charge in [-0.25, -0.2) is 0 Å². The van der Waals surface area contributed by atoms with Crippen molar-refractivity contribution in [2.45, 2.75) is 0 Å². The number of aromatic nitrogens is 1. The van der Waals surface area contributed by atoms with Crippen molar-refractivity contribution < 1.29 is 0 Å². The highest BCUT2D eigenvalue weighted by Crippen LogP contribution is 2.34. The summed E-state index contributed by atoms with van der Waals surface area (Å²) >= 11 is 23.6. The molecule has 0 aliphatic carbocycles. The van der Waals surface area contributed by atoms with Crippen molar-refractivity contribution in [2.75, 3.05) is 0 Å². The van der Waals surface area contributed by atoms with Gasteiger partial charge in [0.1, 0.15) is 0 Å². The molecule has 0 saturated heterocycles. The highest BCUT2D eigenvalue weighted by molar-refractivity contribution is 6.48. The molecule has 5 heteroatoms. The predicted molar refractivity (Wildman–Crippen MR) is 69.7 cm³/mol. The standard InChI is InChI=1S/C11H5Cl4N/c12-7-1-2-16-10(5-7)6-3-8(13)11(15)9(14)4-6/h1-5H. The molecule has 1 heterocycles. The topological polar surface area (TPSA) is 12.9 Å². The van der Waals surface area contributed by atoms with E-state index in [0.29, 0.717) is 25.8 Å². The van der Waals surface area contributed by atoms with Gasteiger partial charge in [0, 0.05) is 16.8 Å². The van der Waals surface area contributed by atoms with E-state index in [-0.39, 0.29) is 0 Å². The van der Waals surface area contributed by atoms with Crippen molar-refractivity contribution in [3.63, 3.8) is 0 Å². The lowest BCUT2D eigenvalue weighted by Crippen LogP contribution is -1.84. The van der Waals surface area contributed by atoms with E-state index in [4.69, 9.17) is 46.4 Å². The number of rotatable bonds is 1. The molecule has 16 heavy (non-hydrogen) atoms. The summed E-state index contributed by atoms with van der Waals surface area (Å²) in [5.74, 6) is 0. The van der Waals surface area contributed by atoms with Crippen LogP contribution in [-0.4, -0.2) is 4.98 Å². The molecule has 0 aliphatic rings. The highest BCUT2D eigenvalue weighted by Gasteiger charge is 2.08. The molecule has 0 aliphatic heterocycles. The van der Waals surface area contributed by atoms with Crippen LogP contribution in [0.4, 0.5) is 0 Å². The maximum Gasteiger partial charge on any atom is 0.0778 e. The summed E-state index contributed by atoms with van der Waals surface area (Å²) < 4.78 is 0. The molecule has 0 radical (unpaired) electrons. The molecular formula is C11H5Cl4N. The van der Waals surface area contributed by atoms with Gasteiger partial charge in [-0.2, -0.15) is 0 Å². The van der Waals surface area contributed by atoms with E-state index in [2.05, 4.69) is 4.98 Å². The first kappa shape index (κ1) is 12.0. The third-order valence-electron chi connectivity index (χ3n) is 2.00. The van der Waals surface area contributed by atoms with Crippen molar-refractivity contribution in [1.82, 2.24) is 4.98 Å². The van der Waals surface area contributed by atoms with Crippen LogP contribution in [0.15, 0.2) is 30.5 Å². The molecule has 0 saturated carbocycles. The average Bonchev–Trinajstić information content (AvgIpc) is 2.25. The fourth-order valence-corrected chi connectivity index (χ4v) is 2.02. The molecule has 1 nitrogen and oxygen atoms in total. The summed E-state index contributed by atoms with van der Waals surface area (Å²) in [6.07, 6.45) is 1.62. The summed E-state index contributed by atoms with van der Waals surface area (Å²) in [6, 6.07) is 6.84. The van der Waals surface area contributed by atoms with E-state index in [0.717, 1.165) is 5.56 Å². The second-order valence-electron chi connectivity index (χ2n) is 3.11. The molecular weight excluding hydrogens is 288 g/mol. The molecule has 0 spiro atoms. The third kappa shape index (κ3) is 2.44. The highest BCUT2D eigenvalue weighted by atomic mass is 35.5. The average molecular weight is 293 g/mol. The molecule has 1 aromatic carbocycles. The van der Waals surface area contributed by atoms with E-state index in [1.165, 1.54) is 0 Å². The van der Waals surface area contributed by atoms with Crippen molar-refractivity contribution in [2.24, 2.45) is 0 Å². The molecule has 0 amide bonds. The van der Waals surface area contributed by atoms with Crippen LogP contribution in [0, 0.1) is 0 Å². The number of hydrogen-bond donors (Lipinski definition) is 0. The lowest BCUT2D eigenvalue weighted by Gasteiger charge is -2.05. The minimum Gasteiger partial charge on any atom is -0.256 e. The van der Waals surface area contributed by atoms with Crippen LogP contribution in [0.1, 0.15) is 0 Å². The maximum atomic E-state index is 5.93. The van der Waals surface area contributed by atoms with Crippen LogP contribution < -0.4 is 0 Å². The number of halogens is 4. The normalized spacial score (nSPS) is 10.5. The van der Waals surface area contributed by atoms with E-state index < -0.39 is 0 Å². The van der Waals surface area contributed by atoms with Crippen LogP contribution in [0.25, 0.3) is 11.3 Å². The Balaban J connectivity index is 2.57. The van der Waals surface area contributed by atoms with Crippen LogP contribution in [0.2, 0.25) is 20.1 Å². The number of hydrogen-bond acceptors (Lipinski definition) is 1. The van der Waals surface area contributed by atoms with Gasteiger partial charge in [-0.15, -0.1) is 0 Å². The van der Waals surface area contributed by atoms with E-state index in [1.54, 1.807) is 30.5 Å². The minimum atomic E-state index is 0.342. The second-order valence-corrected chi connectivity index (χ2v) is 4.74. The van der Waals surface area contributed by atoms with Gasteiger partial charge >= 0.3 is 0 Å². The zero-order valence-corrected chi connectivity index (χ0v) is 10.9. The Kier molecular flexibility index (Phi) is 3.60. The van der Waals surface area contributed by atoms with Gasteiger partial charge in [-0.3, -0.25) is 4.98 Å². The van der Waals surface area contributed by atoms with Gasteiger partial charge < -0.3 is 0 Å². The first-order valence-electron chi connectivity index (χ1n) is 4.34. The monoisotopic (exact) mass is 291 g/mol. The molecule has 0 bridgehead atoms. The fourth-order valence-electron chi connectivity index (χ4n) is 1.27. The van der Waals surface area contributed by atoms with Crippen molar-refractivity contribution in [3.8, 4) is 11.3 Å². The van der Waals surface area contributed by atoms with Gasteiger partial charge in [0.05, 0.1) is 20.8 Å². The SMILES string of the molecule is Clc1ccnc(-c2cc(Cl)c(Cl)c(Cl)c2)c1. The molecule has 2 aromatic rings. The summed E-state index contributed by atoms with van der Waals surface area (Å²) in [4.78, 5) is 4.18. The van der Waals surface area contributed by atoms with Crippen molar-refractivity contribution in [1.29, 1.82) is 0 Å². The van der Waals surface area contributed by atoms with Gasteiger partial charge in [0.15, 0.2) is 0 Å². The number of benzene rings is 1. The predicted octanol–water partition coefficient (Wildman–Crippen LogP) is 5.36. The van der Waals surface area contributed by atoms with E-state index >= 15 is 0 Å². The van der Waals surface area contributed by atoms with Crippen LogP contribution in [0.5, 0.6) is 0 Å². The molecule has 0 N–H and O–H groups in total. The molecule has 0 atom stereocenters. The van der Waals surface area contributed by atoms with E-state index in [1.807, 2.05) is 0 Å². The zero-order chi connectivity index (χ0) is 11.7. The Labute approximate surface area is 113 Å². The Bertz CT molecular complexity index is 516. The Hall–Kier alpha value is -0.470. The zero-order valence-electron chi connectivity index (χ0n) is 7.85. The van der Waals surface area contributed by atoms with Crippen molar-refractivity contribution >= 4 is 46.4 Å². The van der Waals surface area contributed by atoms with Crippen molar-refractivity contribution in [3.05, 3.63) is 50.6 Å². The third-order valence-corrected chi connectivity index (χ3v) is 3.43. The Morgan fingerprint density at radius 1 is 0.875 bits per heavy atom. The van der Waals surface area contributed by atoms with Crippen LogP contribution in [0.3, 0.4) is 0 Å². The first-order valence-corrected chi connectivity index (χ1v) is 5.85. The summed E-state index contributed by atoms with van der Waals surface area (Å²) in [6.45, 7) is 0. The molecule has 82 valence electrons. The van der Waals surface area contributed by atoms with Gasteiger partial charge in [0.25, 0.3) is 0 Å². The molecule has 0 unspecified atom stereocenters. The minimum absolute atomic E-state index is 0.342. The Morgan fingerprint density at radius 2 is 1.50 bits per heavy atom. The lowest BCUT2D eigenvalue weighted by molar-refractivity contribution is 1.33. The number of pyridine rings is 1. The molecule has 2 rings (SSSR count). The Morgan fingerprint density at radius 3 is 2.06 bits per heavy atom. The summed E-state index contributed by atoms with van der Waals surface area (Å²) in [5.41, 5.74) is 1.48. The largest absolute Gasteiger partial charge is 0.256 e. The van der Waals surface area contributed by atoms with Gasteiger partial charge in [-0.1, -0.05) is 46.4 Å². The van der Waals surface area contributed by atoms with Gasteiger partial charge in [0.2, 0.25) is 0 Å².